The highest BCUT2D eigenvalue weighted by molar-refractivity contribution is 9.10. The second-order valence-corrected chi connectivity index (χ2v) is 5.82. The van der Waals surface area contributed by atoms with Gasteiger partial charge in [-0.3, -0.25) is 0 Å². The second-order valence-electron chi connectivity index (χ2n) is 5.03. The van der Waals surface area contributed by atoms with Crippen molar-refractivity contribution in [2.75, 3.05) is 6.54 Å². The van der Waals surface area contributed by atoms with Crippen LogP contribution in [-0.4, -0.2) is 17.2 Å². The summed E-state index contributed by atoms with van der Waals surface area (Å²) >= 11 is 3.70. The maximum absolute atomic E-state index is 3.70. The van der Waals surface area contributed by atoms with Gasteiger partial charge in [0, 0.05) is 33.7 Å². The molecule has 1 N–H and O–H groups in total. The molecule has 0 atom stereocenters. The third-order valence-electron chi connectivity index (χ3n) is 3.26. The van der Waals surface area contributed by atoms with Gasteiger partial charge in [-0.05, 0) is 41.9 Å². The summed E-state index contributed by atoms with van der Waals surface area (Å²) in [6.45, 7) is 8.69. The molecule has 1 aromatic heterocycles. The highest BCUT2D eigenvalue weighted by Crippen LogP contribution is 2.30. The topological polar surface area (TPSA) is 17.0 Å². The molecule has 0 saturated carbocycles. The van der Waals surface area contributed by atoms with Crippen LogP contribution in [0.5, 0.6) is 0 Å². The number of nitrogens with zero attached hydrogens (tertiary/aromatic N) is 1. The van der Waals surface area contributed by atoms with E-state index in [1.54, 1.807) is 0 Å². The second kappa shape index (κ2) is 5.89. The van der Waals surface area contributed by atoms with Gasteiger partial charge in [-0.25, -0.2) is 0 Å². The number of hydrogen-bond donors (Lipinski definition) is 1. The van der Waals surface area contributed by atoms with Gasteiger partial charge in [0.05, 0.1) is 0 Å². The highest BCUT2D eigenvalue weighted by atomic mass is 79.9. The maximum Gasteiger partial charge on any atom is 0.0494 e. The molecule has 98 valence electrons. The lowest BCUT2D eigenvalue weighted by Gasteiger charge is -2.10. The molecule has 0 spiro atoms. The zero-order chi connectivity index (χ0) is 13.1. The van der Waals surface area contributed by atoms with E-state index >= 15 is 0 Å². The molecule has 2 nitrogen and oxygen atoms in total. The summed E-state index contributed by atoms with van der Waals surface area (Å²) in [5.41, 5.74) is 2.65. The molecular weight excluding hydrogens is 288 g/mol. The van der Waals surface area contributed by atoms with E-state index in [-0.39, 0.29) is 0 Å². The van der Waals surface area contributed by atoms with Crippen LogP contribution in [0.4, 0.5) is 0 Å². The number of benzene rings is 1. The SMILES string of the molecule is Cc1c(Br)c2ccccc2n1CCCNC(C)C. The van der Waals surface area contributed by atoms with E-state index in [9.17, 15) is 0 Å². The number of halogens is 1. The zero-order valence-corrected chi connectivity index (χ0v) is 12.9. The first kappa shape index (κ1) is 13.6. The van der Waals surface area contributed by atoms with Gasteiger partial charge in [0.2, 0.25) is 0 Å². The van der Waals surface area contributed by atoms with Crippen LogP contribution in [0.3, 0.4) is 0 Å². The molecule has 18 heavy (non-hydrogen) atoms. The number of hydrogen-bond acceptors (Lipinski definition) is 1. The van der Waals surface area contributed by atoms with E-state index in [1.807, 2.05) is 0 Å². The number of aromatic nitrogens is 1. The molecule has 0 radical (unpaired) electrons. The van der Waals surface area contributed by atoms with Crippen molar-refractivity contribution in [2.45, 2.75) is 39.8 Å². The van der Waals surface area contributed by atoms with E-state index in [0.717, 1.165) is 19.5 Å². The van der Waals surface area contributed by atoms with Crippen LogP contribution in [0.15, 0.2) is 28.7 Å². The summed E-state index contributed by atoms with van der Waals surface area (Å²) in [6, 6.07) is 9.14. The van der Waals surface area contributed by atoms with Gasteiger partial charge in [-0.15, -0.1) is 0 Å². The molecule has 0 unspecified atom stereocenters. The number of fused-ring (bicyclic) bond motifs is 1. The molecule has 0 aliphatic rings. The molecule has 0 fully saturated rings. The Hall–Kier alpha value is -0.800. The molecule has 3 heteroatoms. The summed E-state index contributed by atoms with van der Waals surface area (Å²) in [7, 11) is 0. The van der Waals surface area contributed by atoms with Gasteiger partial charge in [-0.1, -0.05) is 32.0 Å². The maximum atomic E-state index is 3.70. The lowest BCUT2D eigenvalue weighted by Crippen LogP contribution is -2.24. The Morgan fingerprint density at radius 1 is 1.28 bits per heavy atom. The van der Waals surface area contributed by atoms with Gasteiger partial charge < -0.3 is 9.88 Å². The van der Waals surface area contributed by atoms with Crippen molar-refractivity contribution in [3.8, 4) is 0 Å². The Morgan fingerprint density at radius 2 is 2.00 bits per heavy atom. The minimum absolute atomic E-state index is 0.569. The minimum atomic E-state index is 0.569. The van der Waals surface area contributed by atoms with Crippen LogP contribution in [0.2, 0.25) is 0 Å². The van der Waals surface area contributed by atoms with Crippen molar-refractivity contribution < 1.29 is 0 Å². The Balaban J connectivity index is 2.15. The van der Waals surface area contributed by atoms with Crippen molar-refractivity contribution in [3.63, 3.8) is 0 Å². The van der Waals surface area contributed by atoms with E-state index < -0.39 is 0 Å². The van der Waals surface area contributed by atoms with Crippen LogP contribution in [0.25, 0.3) is 10.9 Å². The van der Waals surface area contributed by atoms with Gasteiger partial charge >= 0.3 is 0 Å². The molecule has 1 aromatic carbocycles. The molecule has 0 aliphatic heterocycles. The van der Waals surface area contributed by atoms with Gasteiger partial charge in [0.1, 0.15) is 0 Å². The smallest absolute Gasteiger partial charge is 0.0494 e. The monoisotopic (exact) mass is 308 g/mol. The van der Waals surface area contributed by atoms with Gasteiger partial charge in [0.25, 0.3) is 0 Å². The third kappa shape index (κ3) is 2.78. The van der Waals surface area contributed by atoms with Crippen molar-refractivity contribution in [3.05, 3.63) is 34.4 Å². The van der Waals surface area contributed by atoms with Crippen molar-refractivity contribution >= 4 is 26.8 Å². The summed E-state index contributed by atoms with van der Waals surface area (Å²) in [5.74, 6) is 0. The van der Waals surface area contributed by atoms with E-state index in [0.29, 0.717) is 6.04 Å². The Bertz CT molecular complexity index is 529. The first-order chi connectivity index (χ1) is 8.61. The molecular formula is C15H21BrN2. The lowest BCUT2D eigenvalue weighted by atomic mass is 10.2. The Morgan fingerprint density at radius 3 is 2.72 bits per heavy atom. The average Bonchev–Trinajstić information content (AvgIpc) is 2.59. The highest BCUT2D eigenvalue weighted by Gasteiger charge is 2.10. The van der Waals surface area contributed by atoms with Crippen LogP contribution in [0.1, 0.15) is 26.0 Å². The fraction of sp³-hybridized carbons (Fsp3) is 0.467. The average molecular weight is 309 g/mol. The fourth-order valence-electron chi connectivity index (χ4n) is 2.30. The summed E-state index contributed by atoms with van der Waals surface area (Å²) in [6.07, 6.45) is 1.16. The predicted octanol–water partition coefficient (Wildman–Crippen LogP) is 4.10. The Labute approximate surface area is 118 Å². The van der Waals surface area contributed by atoms with Gasteiger partial charge in [0.15, 0.2) is 0 Å². The largest absolute Gasteiger partial charge is 0.344 e. The first-order valence-electron chi connectivity index (χ1n) is 6.58. The first-order valence-corrected chi connectivity index (χ1v) is 7.37. The molecule has 0 aliphatic carbocycles. The number of nitrogens with one attached hydrogen (secondary N) is 1. The summed E-state index contributed by atoms with van der Waals surface area (Å²) in [5, 5.41) is 4.78. The molecule has 0 bridgehead atoms. The summed E-state index contributed by atoms with van der Waals surface area (Å²) in [4.78, 5) is 0. The standard InChI is InChI=1S/C15H21BrN2/c1-11(2)17-9-6-10-18-12(3)15(16)13-7-4-5-8-14(13)18/h4-5,7-8,11,17H,6,9-10H2,1-3H3. The number of rotatable bonds is 5. The molecule has 0 amide bonds. The Kier molecular flexibility index (Phi) is 4.46. The van der Waals surface area contributed by atoms with Crippen molar-refractivity contribution in [2.24, 2.45) is 0 Å². The predicted molar refractivity (Wildman–Crippen MR) is 82.1 cm³/mol. The molecule has 0 saturated heterocycles. The fourth-order valence-corrected chi connectivity index (χ4v) is 2.85. The lowest BCUT2D eigenvalue weighted by molar-refractivity contribution is 0.537. The zero-order valence-electron chi connectivity index (χ0n) is 11.3. The van der Waals surface area contributed by atoms with E-state index in [4.69, 9.17) is 0 Å². The third-order valence-corrected chi connectivity index (χ3v) is 4.27. The van der Waals surface area contributed by atoms with Gasteiger partial charge in [-0.2, -0.15) is 0 Å². The van der Waals surface area contributed by atoms with Crippen LogP contribution < -0.4 is 5.32 Å². The minimum Gasteiger partial charge on any atom is -0.344 e. The van der Waals surface area contributed by atoms with Crippen LogP contribution in [-0.2, 0) is 6.54 Å². The molecule has 1 heterocycles. The number of aryl methyl sites for hydroxylation is 1. The quantitative estimate of drug-likeness (QED) is 0.823. The normalized spacial score (nSPS) is 11.6. The van der Waals surface area contributed by atoms with Crippen LogP contribution >= 0.6 is 15.9 Å². The molecule has 2 rings (SSSR count). The van der Waals surface area contributed by atoms with E-state index in [1.165, 1.54) is 21.1 Å². The summed E-state index contributed by atoms with van der Waals surface area (Å²) < 4.78 is 3.64. The van der Waals surface area contributed by atoms with Crippen molar-refractivity contribution in [1.82, 2.24) is 9.88 Å². The number of para-hydroxylation sites is 1. The van der Waals surface area contributed by atoms with E-state index in [2.05, 4.69) is 70.9 Å². The van der Waals surface area contributed by atoms with Crippen molar-refractivity contribution in [1.29, 1.82) is 0 Å². The van der Waals surface area contributed by atoms with Crippen LogP contribution in [0, 0.1) is 6.92 Å². The molecule has 2 aromatic rings.